The van der Waals surface area contributed by atoms with Crippen molar-refractivity contribution >= 4 is 5.97 Å². The van der Waals surface area contributed by atoms with Gasteiger partial charge in [0.1, 0.15) is 5.75 Å². The van der Waals surface area contributed by atoms with Crippen LogP contribution in [0.25, 0.3) is 0 Å². The Bertz CT molecular complexity index is 771. The molecule has 0 spiro atoms. The van der Waals surface area contributed by atoms with Crippen molar-refractivity contribution in [2.24, 2.45) is 23.7 Å². The van der Waals surface area contributed by atoms with Gasteiger partial charge in [-0.3, -0.25) is 4.79 Å². The quantitative estimate of drug-likeness (QED) is 0.125. The Morgan fingerprint density at radius 3 is 2.35 bits per heavy atom. The van der Waals surface area contributed by atoms with Crippen LogP contribution in [0, 0.1) is 29.5 Å². The lowest BCUT2D eigenvalue weighted by molar-refractivity contribution is -0.134. The van der Waals surface area contributed by atoms with Gasteiger partial charge < -0.3 is 9.47 Å². The number of benzene rings is 1. The van der Waals surface area contributed by atoms with Crippen LogP contribution in [0.4, 0.5) is 4.39 Å². The van der Waals surface area contributed by atoms with Gasteiger partial charge in [0.05, 0.1) is 6.61 Å². The molecule has 2 aliphatic carbocycles. The minimum Gasteiger partial charge on any atom is -0.491 e. The molecule has 0 bridgehead atoms. The summed E-state index contributed by atoms with van der Waals surface area (Å²) < 4.78 is 25.5. The average Bonchev–Trinajstić information content (AvgIpc) is 2.91. The summed E-state index contributed by atoms with van der Waals surface area (Å²) in [5.41, 5.74) is 0. The maximum Gasteiger partial charge on any atom is 0.311 e. The van der Waals surface area contributed by atoms with E-state index in [9.17, 15) is 9.18 Å². The molecule has 3 rings (SSSR count). The van der Waals surface area contributed by atoms with Crippen molar-refractivity contribution in [1.82, 2.24) is 0 Å². The van der Waals surface area contributed by atoms with Gasteiger partial charge in [0, 0.05) is 12.5 Å². The fraction of sp³-hybridized carbons (Fsp3) is 0.788. The molecule has 0 aliphatic heterocycles. The van der Waals surface area contributed by atoms with E-state index in [0.717, 1.165) is 37.0 Å². The first-order valence-corrected chi connectivity index (χ1v) is 15.7. The number of halogens is 1. The van der Waals surface area contributed by atoms with Crippen molar-refractivity contribution in [3.63, 3.8) is 0 Å². The summed E-state index contributed by atoms with van der Waals surface area (Å²) in [7, 11) is 0. The third kappa shape index (κ3) is 11.0. The van der Waals surface area contributed by atoms with Crippen LogP contribution < -0.4 is 9.47 Å². The molecule has 2 aliphatic rings. The molecule has 0 N–H and O–H groups in total. The maximum atomic E-state index is 14.4. The highest BCUT2D eigenvalue weighted by Gasteiger charge is 2.31. The summed E-state index contributed by atoms with van der Waals surface area (Å²) in [6, 6.07) is 4.50. The van der Waals surface area contributed by atoms with Crippen molar-refractivity contribution in [2.75, 3.05) is 6.61 Å². The smallest absolute Gasteiger partial charge is 0.311 e. The van der Waals surface area contributed by atoms with Gasteiger partial charge in [0.25, 0.3) is 0 Å². The van der Waals surface area contributed by atoms with Crippen LogP contribution in [0.2, 0.25) is 0 Å². The predicted octanol–water partition coefficient (Wildman–Crippen LogP) is 10.1. The van der Waals surface area contributed by atoms with Crippen molar-refractivity contribution in [2.45, 2.75) is 136 Å². The van der Waals surface area contributed by atoms with E-state index < -0.39 is 5.82 Å². The summed E-state index contributed by atoms with van der Waals surface area (Å²) in [5.74, 6) is 3.13. The molecule has 1 aromatic rings. The number of esters is 1. The molecule has 1 unspecified atom stereocenters. The Labute approximate surface area is 226 Å². The van der Waals surface area contributed by atoms with E-state index in [4.69, 9.17) is 9.47 Å². The predicted molar refractivity (Wildman–Crippen MR) is 151 cm³/mol. The molecule has 0 amide bonds. The van der Waals surface area contributed by atoms with E-state index in [1.807, 2.05) is 0 Å². The highest BCUT2D eigenvalue weighted by molar-refractivity contribution is 5.72. The van der Waals surface area contributed by atoms with Crippen LogP contribution in [-0.2, 0) is 4.79 Å². The zero-order valence-electron chi connectivity index (χ0n) is 23.8. The second kappa shape index (κ2) is 17.1. The Morgan fingerprint density at radius 1 is 0.838 bits per heavy atom. The van der Waals surface area contributed by atoms with Crippen LogP contribution in [0.15, 0.2) is 18.2 Å². The van der Waals surface area contributed by atoms with Gasteiger partial charge in [0.2, 0.25) is 0 Å². The molecule has 0 aromatic heterocycles. The standard InChI is InChI=1S/C33H53FO3/c1-3-5-7-8-10-23-36-32-21-20-30(25-31(32)34)37-33(35)22-17-27-13-11-14-29(24-27)28-18-15-26(16-19-28)12-9-6-4-2/h20-21,25-29H,3-19,22-24H2,1-2H3/t26?,27?,28?,29-/m0/s1. The van der Waals surface area contributed by atoms with E-state index >= 15 is 0 Å². The number of hydrogen-bond donors (Lipinski definition) is 0. The highest BCUT2D eigenvalue weighted by atomic mass is 19.1. The summed E-state index contributed by atoms with van der Waals surface area (Å²) in [4.78, 5) is 12.5. The summed E-state index contributed by atoms with van der Waals surface area (Å²) in [5, 5.41) is 0. The van der Waals surface area contributed by atoms with Crippen molar-refractivity contribution in [3.05, 3.63) is 24.0 Å². The largest absolute Gasteiger partial charge is 0.491 e. The topological polar surface area (TPSA) is 35.5 Å². The van der Waals surface area contributed by atoms with Crippen molar-refractivity contribution in [3.8, 4) is 11.5 Å². The van der Waals surface area contributed by atoms with E-state index in [1.165, 1.54) is 102 Å². The number of ether oxygens (including phenoxy) is 2. The second-order valence-corrected chi connectivity index (χ2v) is 11.9. The molecule has 37 heavy (non-hydrogen) atoms. The molecule has 4 heteroatoms. The molecular weight excluding hydrogens is 463 g/mol. The zero-order chi connectivity index (χ0) is 26.3. The van der Waals surface area contributed by atoms with E-state index in [2.05, 4.69) is 13.8 Å². The maximum absolute atomic E-state index is 14.4. The summed E-state index contributed by atoms with van der Waals surface area (Å²) >= 11 is 0. The van der Waals surface area contributed by atoms with Crippen LogP contribution >= 0.6 is 0 Å². The Hall–Kier alpha value is -1.58. The number of unbranched alkanes of at least 4 members (excludes halogenated alkanes) is 6. The number of carbonyl (C=O) groups is 1. The number of carbonyl (C=O) groups excluding carboxylic acids is 1. The summed E-state index contributed by atoms with van der Waals surface area (Å²) in [6.45, 7) is 5.00. The second-order valence-electron chi connectivity index (χ2n) is 11.9. The third-order valence-electron chi connectivity index (χ3n) is 8.99. The van der Waals surface area contributed by atoms with Gasteiger partial charge in [-0.1, -0.05) is 97.3 Å². The first-order valence-electron chi connectivity index (χ1n) is 15.7. The molecular formula is C33H53FO3. The van der Waals surface area contributed by atoms with Gasteiger partial charge in [-0.15, -0.1) is 0 Å². The fourth-order valence-corrected chi connectivity index (χ4v) is 6.71. The minimum atomic E-state index is -0.464. The molecule has 3 nitrogen and oxygen atoms in total. The van der Waals surface area contributed by atoms with Gasteiger partial charge in [-0.05, 0) is 67.9 Å². The molecule has 2 saturated carbocycles. The lowest BCUT2D eigenvalue weighted by Gasteiger charge is -2.38. The SMILES string of the molecule is CCCCCCCOc1ccc(OC(=O)CCC2CCC[C@H](C3CCC(CCCCC)CC3)C2)cc1F. The normalized spacial score (nSPS) is 24.1. The molecule has 0 radical (unpaired) electrons. The van der Waals surface area contributed by atoms with E-state index in [0.29, 0.717) is 18.9 Å². The van der Waals surface area contributed by atoms with Gasteiger partial charge in [0.15, 0.2) is 11.6 Å². The highest BCUT2D eigenvalue weighted by Crippen LogP contribution is 2.43. The summed E-state index contributed by atoms with van der Waals surface area (Å²) in [6.07, 6.45) is 23.4. The van der Waals surface area contributed by atoms with Crippen LogP contribution in [0.3, 0.4) is 0 Å². The number of rotatable bonds is 16. The lowest BCUT2D eigenvalue weighted by atomic mass is 9.67. The lowest BCUT2D eigenvalue weighted by Crippen LogP contribution is -2.27. The first kappa shape index (κ1) is 30.0. The average molecular weight is 517 g/mol. The van der Waals surface area contributed by atoms with Gasteiger partial charge in [-0.2, -0.15) is 0 Å². The first-order chi connectivity index (χ1) is 18.1. The molecule has 0 heterocycles. The van der Waals surface area contributed by atoms with Crippen LogP contribution in [0.5, 0.6) is 11.5 Å². The number of hydrogen-bond acceptors (Lipinski definition) is 3. The molecule has 2 fully saturated rings. The molecule has 1 aromatic carbocycles. The van der Waals surface area contributed by atoms with Crippen molar-refractivity contribution < 1.29 is 18.7 Å². The Kier molecular flexibility index (Phi) is 13.8. The minimum absolute atomic E-state index is 0.235. The molecule has 210 valence electrons. The Morgan fingerprint density at radius 2 is 1.59 bits per heavy atom. The van der Waals surface area contributed by atoms with Gasteiger partial charge in [-0.25, -0.2) is 4.39 Å². The van der Waals surface area contributed by atoms with Crippen LogP contribution in [0.1, 0.15) is 136 Å². The van der Waals surface area contributed by atoms with E-state index in [-0.39, 0.29) is 17.5 Å². The van der Waals surface area contributed by atoms with Gasteiger partial charge >= 0.3 is 5.97 Å². The zero-order valence-corrected chi connectivity index (χ0v) is 23.8. The Balaban J connectivity index is 1.33. The monoisotopic (exact) mass is 516 g/mol. The van der Waals surface area contributed by atoms with Crippen LogP contribution in [-0.4, -0.2) is 12.6 Å². The molecule has 0 saturated heterocycles. The third-order valence-corrected chi connectivity index (χ3v) is 8.99. The van der Waals surface area contributed by atoms with E-state index in [1.54, 1.807) is 12.1 Å². The fourth-order valence-electron chi connectivity index (χ4n) is 6.71. The van der Waals surface area contributed by atoms with Crippen molar-refractivity contribution in [1.29, 1.82) is 0 Å². The molecule has 2 atom stereocenters.